The van der Waals surface area contributed by atoms with Gasteiger partial charge in [0.2, 0.25) is 5.28 Å². The van der Waals surface area contributed by atoms with Crippen LogP contribution in [0.5, 0.6) is 17.2 Å². The summed E-state index contributed by atoms with van der Waals surface area (Å²) >= 11 is 6.05. The first-order valence-electron chi connectivity index (χ1n) is 6.69. The lowest BCUT2D eigenvalue weighted by Crippen LogP contribution is -1.96. The molecule has 8 nitrogen and oxygen atoms in total. The van der Waals surface area contributed by atoms with Gasteiger partial charge in [0.25, 0.3) is 0 Å². The molecule has 0 spiro atoms. The number of aryl methyl sites for hydroxylation is 1. The Balaban J connectivity index is 1.87. The zero-order chi connectivity index (χ0) is 16.0. The van der Waals surface area contributed by atoms with Gasteiger partial charge in [0, 0.05) is 19.4 Å². The van der Waals surface area contributed by atoms with Crippen molar-refractivity contribution in [1.29, 1.82) is 0 Å². The number of hydrogen-bond donors (Lipinski definition) is 0. The minimum Gasteiger partial charge on any atom is -0.491 e. The Kier molecular flexibility index (Phi) is 3.05. The average molecular weight is 331 g/mol. The summed E-state index contributed by atoms with van der Waals surface area (Å²) in [6.45, 7) is 0. The molecule has 116 valence electrons. The third kappa shape index (κ3) is 2.07. The van der Waals surface area contributed by atoms with Crippen molar-refractivity contribution in [2.45, 2.75) is 0 Å². The lowest BCUT2D eigenvalue weighted by molar-refractivity contribution is 0.382. The van der Waals surface area contributed by atoms with Crippen molar-refractivity contribution in [3.05, 3.63) is 36.3 Å². The van der Waals surface area contributed by atoms with Gasteiger partial charge in [0.05, 0.1) is 25.7 Å². The van der Waals surface area contributed by atoms with Gasteiger partial charge in [0.15, 0.2) is 22.9 Å². The number of aromatic nitrogens is 6. The smallest absolute Gasteiger partial charge is 0.205 e. The molecule has 0 aliphatic heterocycles. The van der Waals surface area contributed by atoms with E-state index in [1.165, 1.54) is 0 Å². The fraction of sp³-hybridized carbons (Fsp3) is 0.143. The lowest BCUT2D eigenvalue weighted by atomic mass is 10.3. The monoisotopic (exact) mass is 330 g/mol. The molecule has 4 heterocycles. The Hall–Kier alpha value is -2.87. The summed E-state index contributed by atoms with van der Waals surface area (Å²) in [6, 6.07) is 0. The number of fused-ring (bicyclic) bond motifs is 2. The molecule has 0 N–H and O–H groups in total. The van der Waals surface area contributed by atoms with Gasteiger partial charge in [-0.2, -0.15) is 10.1 Å². The van der Waals surface area contributed by atoms with Crippen molar-refractivity contribution in [2.75, 3.05) is 7.11 Å². The van der Waals surface area contributed by atoms with Gasteiger partial charge in [0.1, 0.15) is 11.0 Å². The molecule has 0 aliphatic carbocycles. The maximum absolute atomic E-state index is 6.05. The molecule has 0 radical (unpaired) electrons. The average Bonchev–Trinajstić information content (AvgIpc) is 3.10. The first-order chi connectivity index (χ1) is 11.2. The quantitative estimate of drug-likeness (QED) is 0.574. The summed E-state index contributed by atoms with van der Waals surface area (Å²) < 4.78 is 14.8. The predicted octanol–water partition coefficient (Wildman–Crippen LogP) is 2.47. The second-order valence-corrected chi connectivity index (χ2v) is 5.12. The third-order valence-corrected chi connectivity index (χ3v) is 3.82. The first kappa shape index (κ1) is 13.8. The number of hydrogen-bond acceptors (Lipinski definition) is 6. The van der Waals surface area contributed by atoms with Crippen molar-refractivity contribution in [1.82, 2.24) is 29.1 Å². The van der Waals surface area contributed by atoms with Crippen molar-refractivity contribution < 1.29 is 9.47 Å². The molecule has 4 rings (SSSR count). The van der Waals surface area contributed by atoms with Crippen molar-refractivity contribution in [3.63, 3.8) is 0 Å². The normalized spacial score (nSPS) is 11.3. The molecule has 0 amide bonds. The zero-order valence-electron chi connectivity index (χ0n) is 12.3. The standard InChI is InChI=1S/C14H11ClN6O2/c1-20-11-12(22-2)10(6-17-13(11)19-14(20)15)23-9-7-18-21-4-3-16-5-8(9)21/h3-7H,1-2H3. The summed E-state index contributed by atoms with van der Waals surface area (Å²) in [5.74, 6) is 1.49. The van der Waals surface area contributed by atoms with Gasteiger partial charge >= 0.3 is 0 Å². The number of nitrogens with zero attached hydrogens (tertiary/aromatic N) is 6. The SMILES string of the molecule is COc1c(Oc2cnn3ccncc23)cnc2nc(Cl)n(C)c12. The van der Waals surface area contributed by atoms with Gasteiger partial charge in [-0.1, -0.05) is 0 Å². The highest BCUT2D eigenvalue weighted by Gasteiger charge is 2.19. The van der Waals surface area contributed by atoms with Crippen molar-refractivity contribution in [2.24, 2.45) is 7.05 Å². The van der Waals surface area contributed by atoms with Crippen LogP contribution < -0.4 is 9.47 Å². The van der Waals surface area contributed by atoms with E-state index in [1.807, 2.05) is 0 Å². The predicted molar refractivity (Wildman–Crippen MR) is 83.1 cm³/mol. The van der Waals surface area contributed by atoms with Crippen LogP contribution in [-0.4, -0.2) is 36.2 Å². The highest BCUT2D eigenvalue weighted by molar-refractivity contribution is 6.29. The highest BCUT2D eigenvalue weighted by atomic mass is 35.5. The van der Waals surface area contributed by atoms with E-state index in [0.29, 0.717) is 33.7 Å². The zero-order valence-corrected chi connectivity index (χ0v) is 13.0. The number of halogens is 1. The van der Waals surface area contributed by atoms with Gasteiger partial charge in [-0.05, 0) is 11.6 Å². The van der Waals surface area contributed by atoms with E-state index < -0.39 is 0 Å². The Labute approximate surface area is 135 Å². The first-order valence-corrected chi connectivity index (χ1v) is 7.07. The van der Waals surface area contributed by atoms with E-state index in [1.54, 1.807) is 54.2 Å². The molecular formula is C14H11ClN6O2. The van der Waals surface area contributed by atoms with Gasteiger partial charge in [-0.25, -0.2) is 9.50 Å². The molecule has 0 saturated carbocycles. The summed E-state index contributed by atoms with van der Waals surface area (Å²) in [5.41, 5.74) is 1.88. The summed E-state index contributed by atoms with van der Waals surface area (Å²) in [4.78, 5) is 12.5. The van der Waals surface area contributed by atoms with Crippen LogP contribution in [0.1, 0.15) is 0 Å². The number of pyridine rings is 1. The number of methoxy groups -OCH3 is 1. The van der Waals surface area contributed by atoms with Gasteiger partial charge in [-0.3, -0.25) is 4.98 Å². The van der Waals surface area contributed by atoms with Gasteiger partial charge in [-0.15, -0.1) is 0 Å². The van der Waals surface area contributed by atoms with Crippen LogP contribution in [0.15, 0.2) is 31.0 Å². The number of rotatable bonds is 3. The van der Waals surface area contributed by atoms with Crippen LogP contribution in [0.4, 0.5) is 0 Å². The molecule has 0 aromatic carbocycles. The van der Waals surface area contributed by atoms with E-state index >= 15 is 0 Å². The van der Waals surface area contributed by atoms with E-state index in [-0.39, 0.29) is 0 Å². The van der Waals surface area contributed by atoms with Crippen LogP contribution in [-0.2, 0) is 7.05 Å². The Morgan fingerprint density at radius 3 is 2.87 bits per heavy atom. The lowest BCUT2D eigenvalue weighted by Gasteiger charge is -2.10. The molecule has 23 heavy (non-hydrogen) atoms. The Bertz CT molecular complexity index is 1020. The fourth-order valence-electron chi connectivity index (χ4n) is 2.38. The topological polar surface area (TPSA) is 79.4 Å². The van der Waals surface area contributed by atoms with Crippen LogP contribution in [0.2, 0.25) is 5.28 Å². The van der Waals surface area contributed by atoms with Crippen LogP contribution in [0.3, 0.4) is 0 Å². The van der Waals surface area contributed by atoms with Crippen LogP contribution in [0.25, 0.3) is 16.7 Å². The number of ether oxygens (including phenoxy) is 2. The number of imidazole rings is 1. The van der Waals surface area contributed by atoms with E-state index in [0.717, 1.165) is 5.52 Å². The molecule has 0 fully saturated rings. The maximum atomic E-state index is 6.05. The van der Waals surface area contributed by atoms with E-state index in [4.69, 9.17) is 21.1 Å². The Morgan fingerprint density at radius 2 is 2.04 bits per heavy atom. The maximum Gasteiger partial charge on any atom is 0.205 e. The van der Waals surface area contributed by atoms with Crippen LogP contribution >= 0.6 is 11.6 Å². The summed E-state index contributed by atoms with van der Waals surface area (Å²) in [7, 11) is 3.34. The molecule has 0 unspecified atom stereocenters. The second kappa shape index (κ2) is 5.10. The largest absolute Gasteiger partial charge is 0.491 e. The Morgan fingerprint density at radius 1 is 1.17 bits per heavy atom. The van der Waals surface area contributed by atoms with Crippen molar-refractivity contribution >= 4 is 28.3 Å². The molecule has 4 aromatic heterocycles. The highest BCUT2D eigenvalue weighted by Crippen LogP contribution is 2.38. The van der Waals surface area contributed by atoms with Crippen molar-refractivity contribution in [3.8, 4) is 17.2 Å². The molecule has 0 aliphatic rings. The summed E-state index contributed by atoms with van der Waals surface area (Å²) in [6.07, 6.45) is 8.21. The molecule has 4 aromatic rings. The minimum absolute atomic E-state index is 0.322. The molecule has 9 heteroatoms. The second-order valence-electron chi connectivity index (χ2n) is 4.78. The van der Waals surface area contributed by atoms with Gasteiger partial charge < -0.3 is 14.0 Å². The van der Waals surface area contributed by atoms with Crippen LogP contribution in [0, 0.1) is 0 Å². The molecule has 0 saturated heterocycles. The fourth-order valence-corrected chi connectivity index (χ4v) is 2.54. The molecule has 0 atom stereocenters. The molecule has 0 bridgehead atoms. The van der Waals surface area contributed by atoms with E-state index in [2.05, 4.69) is 20.1 Å². The minimum atomic E-state index is 0.322. The van der Waals surface area contributed by atoms with E-state index in [9.17, 15) is 0 Å². The third-order valence-electron chi connectivity index (χ3n) is 3.48. The summed E-state index contributed by atoms with van der Waals surface area (Å²) in [5, 5.41) is 4.53. The molecular weight excluding hydrogens is 320 g/mol.